The molecule has 241 valence electrons. The van der Waals surface area contributed by atoms with Crippen LogP contribution in [0.15, 0.2) is 53.6 Å². The molecule has 2 fully saturated rings. The molecule has 5 atom stereocenters. The number of nitrogens with zero attached hydrogens (tertiary/aromatic N) is 1. The number of rotatable bonds is 10. The fourth-order valence-corrected chi connectivity index (χ4v) is 7.93. The Morgan fingerprint density at radius 3 is 2.38 bits per heavy atom. The predicted octanol–water partition coefficient (Wildman–Crippen LogP) is 7.10. The molecule has 2 heterocycles. The minimum atomic E-state index is -0.863. The lowest BCUT2D eigenvalue weighted by atomic mass is 9.67. The minimum Gasteiger partial charge on any atom is -0.481 e. The van der Waals surface area contributed by atoms with Crippen LogP contribution in [0.5, 0.6) is 0 Å². The van der Waals surface area contributed by atoms with E-state index in [0.29, 0.717) is 32.1 Å². The summed E-state index contributed by atoms with van der Waals surface area (Å²) in [5, 5.41) is 12.3. The summed E-state index contributed by atoms with van der Waals surface area (Å²) in [4.78, 5) is 28.5. The van der Waals surface area contributed by atoms with Crippen LogP contribution in [0.3, 0.4) is 0 Å². The molecule has 2 aliphatic heterocycles. The van der Waals surface area contributed by atoms with Crippen molar-refractivity contribution in [2.24, 2.45) is 29.6 Å². The molecule has 2 aromatic carbocycles. The van der Waals surface area contributed by atoms with Gasteiger partial charge in [0.2, 0.25) is 5.91 Å². The standard InChI is InChI=1S/C38H51BNO5/c1-8-27-20-33(30-12-11-29-19-31(39-9-2)14-13-28(29)18-30)24(5)10-15-32(27)34-21-38(44-16-17-45-38)22-40(34)36(41)35(23(3)4)25(6)26(7)37(42)43/h11-14,18-20,23-26,34-35H,8-10,15-17,21-22H2,1-7H3,(H,42,43). The quantitative estimate of drug-likeness (QED) is 0.290. The number of carboxylic acids is 1. The Labute approximate surface area is 270 Å². The van der Waals surface area contributed by atoms with Crippen LogP contribution in [0, 0.1) is 29.6 Å². The molecule has 3 aliphatic rings. The van der Waals surface area contributed by atoms with E-state index < -0.39 is 23.6 Å². The number of fused-ring (bicyclic) bond motifs is 1. The smallest absolute Gasteiger partial charge is 0.306 e. The number of carbonyl (C=O) groups excluding carboxylic acids is 1. The van der Waals surface area contributed by atoms with E-state index >= 15 is 0 Å². The summed E-state index contributed by atoms with van der Waals surface area (Å²) in [6, 6.07) is 13.4. The third-order valence-corrected chi connectivity index (χ3v) is 10.7. The molecule has 5 rings (SSSR count). The zero-order valence-corrected chi connectivity index (χ0v) is 28.3. The van der Waals surface area contributed by atoms with Crippen molar-refractivity contribution in [3.05, 3.63) is 59.2 Å². The van der Waals surface area contributed by atoms with Crippen LogP contribution in [-0.4, -0.2) is 60.7 Å². The van der Waals surface area contributed by atoms with E-state index in [1.807, 2.05) is 25.7 Å². The Morgan fingerprint density at radius 2 is 1.73 bits per heavy atom. The third-order valence-electron chi connectivity index (χ3n) is 10.7. The number of ether oxygens (including phenoxy) is 2. The summed E-state index contributed by atoms with van der Waals surface area (Å²) in [5.41, 5.74) is 6.44. The van der Waals surface area contributed by atoms with Gasteiger partial charge in [-0.05, 0) is 76.1 Å². The largest absolute Gasteiger partial charge is 0.481 e. The van der Waals surface area contributed by atoms with Gasteiger partial charge in [-0.1, -0.05) is 96.7 Å². The van der Waals surface area contributed by atoms with E-state index in [0.717, 1.165) is 25.6 Å². The molecule has 2 aromatic rings. The van der Waals surface area contributed by atoms with Crippen LogP contribution in [0.1, 0.15) is 79.7 Å². The molecule has 1 radical (unpaired) electrons. The number of allylic oxidation sites excluding steroid dienone is 3. The van der Waals surface area contributed by atoms with Gasteiger partial charge >= 0.3 is 5.97 Å². The Balaban J connectivity index is 1.54. The van der Waals surface area contributed by atoms with Crippen molar-refractivity contribution in [1.29, 1.82) is 0 Å². The number of amides is 1. The molecular weight excluding hydrogens is 561 g/mol. The van der Waals surface area contributed by atoms with Gasteiger partial charge < -0.3 is 19.5 Å². The first-order valence-corrected chi connectivity index (χ1v) is 17.1. The predicted molar refractivity (Wildman–Crippen MR) is 183 cm³/mol. The fraction of sp³-hybridized carbons (Fsp3) is 0.579. The molecule has 1 spiro atoms. The summed E-state index contributed by atoms with van der Waals surface area (Å²) in [6.07, 6.45) is 6.77. The first kappa shape index (κ1) is 33.5. The molecule has 5 unspecified atom stereocenters. The van der Waals surface area contributed by atoms with E-state index in [1.54, 1.807) is 6.92 Å². The van der Waals surface area contributed by atoms with Crippen molar-refractivity contribution in [3.63, 3.8) is 0 Å². The number of aliphatic carboxylic acids is 1. The maximum atomic E-state index is 14.6. The van der Waals surface area contributed by atoms with Gasteiger partial charge in [0.15, 0.2) is 13.1 Å². The maximum absolute atomic E-state index is 14.6. The summed E-state index contributed by atoms with van der Waals surface area (Å²) < 4.78 is 12.4. The zero-order chi connectivity index (χ0) is 32.5. The van der Waals surface area contributed by atoms with Gasteiger partial charge in [0.1, 0.15) is 0 Å². The number of benzene rings is 2. The van der Waals surface area contributed by atoms with Crippen molar-refractivity contribution >= 4 is 41.0 Å². The average molecular weight is 613 g/mol. The van der Waals surface area contributed by atoms with Crippen molar-refractivity contribution in [2.45, 2.75) is 92.3 Å². The Hall–Kier alpha value is -2.90. The SMILES string of the molecule is CC[B]c1ccc2cc(C3=CC(CC)=C(C4CC5(CN4C(=O)C(C(C)C)C(C)C(C)C(=O)O)OCCO5)CCC3C)ccc2c1. The second-order valence-electron chi connectivity index (χ2n) is 13.9. The molecule has 7 heteroatoms. The Morgan fingerprint density at radius 1 is 1.04 bits per heavy atom. The van der Waals surface area contributed by atoms with Gasteiger partial charge in [-0.3, -0.25) is 9.59 Å². The molecule has 0 bridgehead atoms. The van der Waals surface area contributed by atoms with Crippen LogP contribution in [0.4, 0.5) is 0 Å². The third kappa shape index (κ3) is 6.81. The first-order valence-electron chi connectivity index (χ1n) is 17.1. The van der Waals surface area contributed by atoms with Crippen LogP contribution >= 0.6 is 0 Å². The van der Waals surface area contributed by atoms with Gasteiger partial charge in [-0.15, -0.1) is 0 Å². The van der Waals surface area contributed by atoms with Gasteiger partial charge in [0.05, 0.1) is 31.7 Å². The number of hydrogen-bond donors (Lipinski definition) is 1. The zero-order valence-electron chi connectivity index (χ0n) is 28.3. The summed E-state index contributed by atoms with van der Waals surface area (Å²) in [5.74, 6) is -2.63. The second kappa shape index (κ2) is 13.8. The van der Waals surface area contributed by atoms with Crippen molar-refractivity contribution in [2.75, 3.05) is 19.8 Å². The van der Waals surface area contributed by atoms with Gasteiger partial charge in [-0.2, -0.15) is 0 Å². The minimum absolute atomic E-state index is 0.000963. The normalized spacial score (nSPS) is 23.7. The van der Waals surface area contributed by atoms with Crippen molar-refractivity contribution < 1.29 is 24.2 Å². The van der Waals surface area contributed by atoms with Crippen molar-refractivity contribution in [3.8, 4) is 0 Å². The van der Waals surface area contributed by atoms with E-state index in [9.17, 15) is 14.7 Å². The monoisotopic (exact) mass is 612 g/mol. The summed E-state index contributed by atoms with van der Waals surface area (Å²) in [6.45, 7) is 15.8. The number of hydrogen-bond acceptors (Lipinski definition) is 4. The first-order chi connectivity index (χ1) is 21.5. The van der Waals surface area contributed by atoms with Crippen LogP contribution in [0.2, 0.25) is 6.32 Å². The molecule has 1 N–H and O–H groups in total. The molecule has 2 saturated heterocycles. The molecule has 1 amide bonds. The maximum Gasteiger partial charge on any atom is 0.306 e. The summed E-state index contributed by atoms with van der Waals surface area (Å²) in [7, 11) is 2.25. The van der Waals surface area contributed by atoms with E-state index in [4.69, 9.17) is 9.47 Å². The van der Waals surface area contributed by atoms with Gasteiger partial charge in [-0.25, -0.2) is 0 Å². The Kier molecular flexibility index (Phi) is 10.3. The number of likely N-dealkylation sites (tertiary alicyclic amines) is 1. The molecule has 1 aliphatic carbocycles. The molecular formula is C38H51BNO5. The van der Waals surface area contributed by atoms with Crippen LogP contribution in [0.25, 0.3) is 16.3 Å². The number of carboxylic acid groups (broad SMARTS) is 1. The average Bonchev–Trinajstić information content (AvgIpc) is 3.59. The van der Waals surface area contributed by atoms with Gasteiger partial charge in [0, 0.05) is 12.3 Å². The van der Waals surface area contributed by atoms with Crippen molar-refractivity contribution in [1.82, 2.24) is 4.90 Å². The highest BCUT2D eigenvalue weighted by molar-refractivity contribution is 6.53. The molecule has 0 aromatic heterocycles. The lowest BCUT2D eigenvalue weighted by Gasteiger charge is -2.36. The topological polar surface area (TPSA) is 76.1 Å². The highest BCUT2D eigenvalue weighted by atomic mass is 16.7. The Bertz CT molecular complexity index is 1470. The molecule has 0 saturated carbocycles. The number of carbonyl (C=O) groups is 2. The highest BCUT2D eigenvalue weighted by Gasteiger charge is 2.53. The lowest BCUT2D eigenvalue weighted by molar-refractivity contribution is -0.157. The highest BCUT2D eigenvalue weighted by Crippen LogP contribution is 2.45. The molecule has 6 nitrogen and oxygen atoms in total. The molecule has 45 heavy (non-hydrogen) atoms. The lowest BCUT2D eigenvalue weighted by Crippen LogP contribution is -2.47. The summed E-state index contributed by atoms with van der Waals surface area (Å²) >= 11 is 0. The fourth-order valence-electron chi connectivity index (χ4n) is 7.93. The second-order valence-corrected chi connectivity index (χ2v) is 13.9. The van der Waals surface area contributed by atoms with Crippen LogP contribution < -0.4 is 5.46 Å². The van der Waals surface area contributed by atoms with E-state index in [-0.39, 0.29) is 23.8 Å². The van der Waals surface area contributed by atoms with Gasteiger partial charge in [0.25, 0.3) is 0 Å². The van der Waals surface area contributed by atoms with Crippen LogP contribution in [-0.2, 0) is 19.1 Å². The van der Waals surface area contributed by atoms with E-state index in [2.05, 4.69) is 70.5 Å². The van der Waals surface area contributed by atoms with E-state index in [1.165, 1.54) is 38.5 Å².